The summed E-state index contributed by atoms with van der Waals surface area (Å²) in [5, 5.41) is 10.4. The predicted octanol–water partition coefficient (Wildman–Crippen LogP) is 4.61. The summed E-state index contributed by atoms with van der Waals surface area (Å²) in [6.07, 6.45) is 2.89. The molecule has 1 nitrogen and oxygen atoms in total. The van der Waals surface area contributed by atoms with Crippen molar-refractivity contribution in [2.45, 2.75) is 59.0 Å². The Morgan fingerprint density at radius 1 is 1.00 bits per heavy atom. The lowest BCUT2D eigenvalue weighted by atomic mass is 9.84. The van der Waals surface area contributed by atoms with E-state index in [-0.39, 0.29) is 12.0 Å². The molecule has 3 unspecified atom stereocenters. The lowest BCUT2D eigenvalue weighted by Crippen LogP contribution is -2.21. The van der Waals surface area contributed by atoms with E-state index in [9.17, 15) is 5.11 Å². The van der Waals surface area contributed by atoms with E-state index in [1.165, 1.54) is 12.0 Å². The molecule has 102 valence electrons. The Morgan fingerprint density at radius 2 is 1.61 bits per heavy atom. The molecular weight excluding hydrogens is 220 g/mol. The van der Waals surface area contributed by atoms with Crippen LogP contribution in [0.3, 0.4) is 0 Å². The molecule has 0 fully saturated rings. The van der Waals surface area contributed by atoms with E-state index in [4.69, 9.17) is 0 Å². The third-order valence-corrected chi connectivity index (χ3v) is 3.65. The topological polar surface area (TPSA) is 20.2 Å². The molecule has 0 bridgehead atoms. The van der Waals surface area contributed by atoms with Crippen LogP contribution in [0.4, 0.5) is 0 Å². The van der Waals surface area contributed by atoms with Crippen molar-refractivity contribution in [1.82, 2.24) is 0 Å². The third kappa shape index (κ3) is 4.81. The minimum atomic E-state index is -0.217. The quantitative estimate of drug-likeness (QED) is 0.747. The molecule has 1 aromatic rings. The van der Waals surface area contributed by atoms with Gasteiger partial charge in [0.25, 0.3) is 0 Å². The van der Waals surface area contributed by atoms with Crippen LogP contribution < -0.4 is 0 Å². The molecule has 1 rings (SSSR count). The van der Waals surface area contributed by atoms with E-state index in [1.807, 2.05) is 6.07 Å². The maximum Gasteiger partial charge on any atom is 0.0611 e. The molecule has 0 aliphatic rings. The Bertz CT molecular complexity index is 318. The normalized spacial score (nSPS) is 16.6. The average molecular weight is 248 g/mol. The lowest BCUT2D eigenvalue weighted by molar-refractivity contribution is 0.110. The molecule has 1 N–H and O–H groups in total. The third-order valence-electron chi connectivity index (χ3n) is 3.65. The molecule has 0 aliphatic heterocycles. The average Bonchev–Trinajstić information content (AvgIpc) is 2.29. The molecule has 0 radical (unpaired) electrons. The van der Waals surface area contributed by atoms with Gasteiger partial charge in [0.2, 0.25) is 0 Å². The fourth-order valence-electron chi connectivity index (χ4n) is 2.91. The van der Waals surface area contributed by atoms with Crippen molar-refractivity contribution in [2.24, 2.45) is 11.8 Å². The fraction of sp³-hybridized carbons (Fsp3) is 0.647. The van der Waals surface area contributed by atoms with Gasteiger partial charge in [-0.3, -0.25) is 0 Å². The molecule has 3 atom stereocenters. The number of aliphatic hydroxyl groups excluding tert-OH is 1. The first kappa shape index (κ1) is 15.2. The highest BCUT2D eigenvalue weighted by Crippen LogP contribution is 2.28. The van der Waals surface area contributed by atoms with E-state index in [0.717, 1.165) is 12.8 Å². The van der Waals surface area contributed by atoms with Crippen molar-refractivity contribution in [3.63, 3.8) is 0 Å². The van der Waals surface area contributed by atoms with Gasteiger partial charge in [0.1, 0.15) is 0 Å². The minimum Gasteiger partial charge on any atom is -0.392 e. The lowest BCUT2D eigenvalue weighted by Gasteiger charge is -2.25. The Morgan fingerprint density at radius 3 is 2.11 bits per heavy atom. The number of aliphatic hydroxyl groups is 1. The molecule has 0 aromatic heterocycles. The van der Waals surface area contributed by atoms with Crippen LogP contribution in [0.25, 0.3) is 0 Å². The van der Waals surface area contributed by atoms with Crippen molar-refractivity contribution < 1.29 is 5.11 Å². The van der Waals surface area contributed by atoms with Gasteiger partial charge in [-0.1, -0.05) is 58.0 Å². The van der Waals surface area contributed by atoms with Gasteiger partial charge in [-0.15, -0.1) is 0 Å². The summed E-state index contributed by atoms with van der Waals surface area (Å²) >= 11 is 0. The highest BCUT2D eigenvalue weighted by molar-refractivity contribution is 5.20. The summed E-state index contributed by atoms with van der Waals surface area (Å²) in [5.41, 5.74) is 1.27. The second-order valence-corrected chi connectivity index (χ2v) is 5.96. The standard InChI is InChI=1S/C17H28O/c1-5-16(15-9-7-6-8-10-15)17(18)12-14(4)11-13(2)3/h6-10,13-14,16-18H,5,11-12H2,1-4H3. The molecule has 1 aromatic carbocycles. The van der Waals surface area contributed by atoms with E-state index in [2.05, 4.69) is 52.0 Å². The highest BCUT2D eigenvalue weighted by atomic mass is 16.3. The Labute approximate surface area is 112 Å². The van der Waals surface area contributed by atoms with Crippen molar-refractivity contribution in [1.29, 1.82) is 0 Å². The van der Waals surface area contributed by atoms with Gasteiger partial charge in [0.15, 0.2) is 0 Å². The summed E-state index contributed by atoms with van der Waals surface area (Å²) in [5.74, 6) is 1.59. The second kappa shape index (κ2) is 7.58. The van der Waals surface area contributed by atoms with Crippen molar-refractivity contribution in [3.8, 4) is 0 Å². The van der Waals surface area contributed by atoms with Crippen LogP contribution in [0, 0.1) is 11.8 Å². The van der Waals surface area contributed by atoms with Crippen LogP contribution in [0.5, 0.6) is 0 Å². The highest BCUT2D eigenvalue weighted by Gasteiger charge is 2.21. The molecule has 0 amide bonds. The Kier molecular flexibility index (Phi) is 6.42. The van der Waals surface area contributed by atoms with E-state index in [0.29, 0.717) is 11.8 Å². The Balaban J connectivity index is 2.60. The molecule has 0 saturated carbocycles. The van der Waals surface area contributed by atoms with Crippen molar-refractivity contribution in [2.75, 3.05) is 0 Å². The zero-order valence-corrected chi connectivity index (χ0v) is 12.3. The van der Waals surface area contributed by atoms with Gasteiger partial charge in [-0.05, 0) is 36.7 Å². The summed E-state index contributed by atoms with van der Waals surface area (Å²) in [6, 6.07) is 10.4. The predicted molar refractivity (Wildman–Crippen MR) is 78.7 cm³/mol. The zero-order valence-electron chi connectivity index (χ0n) is 12.3. The molecule has 0 heterocycles. The maximum atomic E-state index is 10.4. The minimum absolute atomic E-state index is 0.217. The van der Waals surface area contributed by atoms with Gasteiger partial charge in [0, 0.05) is 5.92 Å². The first-order chi connectivity index (χ1) is 8.54. The zero-order chi connectivity index (χ0) is 13.5. The van der Waals surface area contributed by atoms with Crippen LogP contribution in [-0.2, 0) is 0 Å². The first-order valence-corrected chi connectivity index (χ1v) is 7.27. The summed E-state index contributed by atoms with van der Waals surface area (Å²) < 4.78 is 0. The second-order valence-electron chi connectivity index (χ2n) is 5.96. The van der Waals surface area contributed by atoms with Gasteiger partial charge >= 0.3 is 0 Å². The van der Waals surface area contributed by atoms with Crippen molar-refractivity contribution >= 4 is 0 Å². The smallest absolute Gasteiger partial charge is 0.0611 e. The van der Waals surface area contributed by atoms with E-state index >= 15 is 0 Å². The molecule has 0 spiro atoms. The van der Waals surface area contributed by atoms with E-state index < -0.39 is 0 Å². The maximum absolute atomic E-state index is 10.4. The van der Waals surface area contributed by atoms with Crippen LogP contribution >= 0.6 is 0 Å². The van der Waals surface area contributed by atoms with Crippen LogP contribution in [0.2, 0.25) is 0 Å². The summed E-state index contributed by atoms with van der Waals surface area (Å²) in [4.78, 5) is 0. The number of benzene rings is 1. The van der Waals surface area contributed by atoms with Crippen molar-refractivity contribution in [3.05, 3.63) is 35.9 Å². The monoisotopic (exact) mass is 248 g/mol. The van der Waals surface area contributed by atoms with Crippen LogP contribution in [-0.4, -0.2) is 11.2 Å². The van der Waals surface area contributed by atoms with Gasteiger partial charge < -0.3 is 5.11 Å². The Hall–Kier alpha value is -0.820. The molecule has 0 saturated heterocycles. The molecular formula is C17H28O. The summed E-state index contributed by atoms with van der Waals surface area (Å²) in [6.45, 7) is 8.91. The first-order valence-electron chi connectivity index (χ1n) is 7.27. The van der Waals surface area contributed by atoms with E-state index in [1.54, 1.807) is 0 Å². The van der Waals surface area contributed by atoms with Gasteiger partial charge in [-0.2, -0.15) is 0 Å². The van der Waals surface area contributed by atoms with Crippen LogP contribution in [0.15, 0.2) is 30.3 Å². The number of hydrogen-bond acceptors (Lipinski definition) is 1. The molecule has 0 aliphatic carbocycles. The number of hydrogen-bond donors (Lipinski definition) is 1. The largest absolute Gasteiger partial charge is 0.392 e. The molecule has 18 heavy (non-hydrogen) atoms. The SMILES string of the molecule is CCC(c1ccccc1)C(O)CC(C)CC(C)C. The number of rotatable bonds is 7. The fourth-order valence-corrected chi connectivity index (χ4v) is 2.91. The van der Waals surface area contributed by atoms with Gasteiger partial charge in [0.05, 0.1) is 6.10 Å². The summed E-state index contributed by atoms with van der Waals surface area (Å²) in [7, 11) is 0. The van der Waals surface area contributed by atoms with Crippen LogP contribution in [0.1, 0.15) is 58.4 Å². The molecule has 1 heteroatoms. The van der Waals surface area contributed by atoms with Gasteiger partial charge in [-0.25, -0.2) is 0 Å².